The van der Waals surface area contributed by atoms with Crippen LogP contribution in [-0.2, 0) is 9.53 Å². The number of rotatable bonds is 2. The van der Waals surface area contributed by atoms with Gasteiger partial charge in [-0.15, -0.1) is 0 Å². The molecule has 3 nitrogen and oxygen atoms in total. The van der Waals surface area contributed by atoms with Crippen LogP contribution in [0.15, 0.2) is 0 Å². The lowest BCUT2D eigenvalue weighted by atomic mass is 9.60. The van der Waals surface area contributed by atoms with Crippen LogP contribution in [0.3, 0.4) is 0 Å². The fourth-order valence-electron chi connectivity index (χ4n) is 4.02. The lowest BCUT2D eigenvalue weighted by molar-refractivity contribution is -0.123. The van der Waals surface area contributed by atoms with E-state index in [1.807, 2.05) is 0 Å². The topological polar surface area (TPSA) is 38.3 Å². The van der Waals surface area contributed by atoms with Crippen molar-refractivity contribution in [1.29, 1.82) is 0 Å². The van der Waals surface area contributed by atoms with Crippen LogP contribution < -0.4 is 5.32 Å². The molecule has 0 aromatic heterocycles. The van der Waals surface area contributed by atoms with Crippen LogP contribution in [0, 0.1) is 11.3 Å². The number of hydrogen-bond donors (Lipinski definition) is 1. The fourth-order valence-corrected chi connectivity index (χ4v) is 4.02. The van der Waals surface area contributed by atoms with Gasteiger partial charge in [-0.05, 0) is 25.7 Å². The van der Waals surface area contributed by atoms with Gasteiger partial charge in [-0.2, -0.15) is 0 Å². The van der Waals surface area contributed by atoms with Gasteiger partial charge in [0, 0.05) is 24.5 Å². The number of carbonyl (C=O) groups excluding carboxylic acids is 1. The van der Waals surface area contributed by atoms with Gasteiger partial charge in [0.25, 0.3) is 0 Å². The quantitative estimate of drug-likeness (QED) is 0.781. The number of hydrogen-bond acceptors (Lipinski definition) is 2. The molecule has 1 amide bonds. The van der Waals surface area contributed by atoms with Crippen molar-refractivity contribution >= 4 is 5.91 Å². The Hall–Kier alpha value is -0.570. The minimum atomic E-state index is 0.00521. The third-order valence-corrected chi connectivity index (χ3v) is 5.15. The molecule has 2 aliphatic heterocycles. The second kappa shape index (κ2) is 4.02. The first-order valence-electron chi connectivity index (χ1n) is 6.51. The van der Waals surface area contributed by atoms with E-state index in [4.69, 9.17) is 4.74 Å². The molecule has 0 aromatic rings. The lowest BCUT2D eigenvalue weighted by Gasteiger charge is -2.48. The summed E-state index contributed by atoms with van der Waals surface area (Å²) in [4.78, 5) is 12.0. The van der Waals surface area contributed by atoms with Crippen LogP contribution in [0.25, 0.3) is 0 Å². The monoisotopic (exact) mass is 225 g/mol. The van der Waals surface area contributed by atoms with Crippen molar-refractivity contribution in [3.05, 3.63) is 0 Å². The summed E-state index contributed by atoms with van der Waals surface area (Å²) in [5, 5.41) is 3.29. The summed E-state index contributed by atoms with van der Waals surface area (Å²) in [6.07, 6.45) is 4.10. The van der Waals surface area contributed by atoms with E-state index in [1.54, 1.807) is 0 Å². The summed E-state index contributed by atoms with van der Waals surface area (Å²) in [6, 6.07) is 0. The molecule has 2 fully saturated rings. The third kappa shape index (κ3) is 1.33. The highest BCUT2D eigenvalue weighted by molar-refractivity contribution is 5.83. The first-order valence-corrected chi connectivity index (χ1v) is 6.51. The Morgan fingerprint density at radius 3 is 2.38 bits per heavy atom. The Morgan fingerprint density at radius 2 is 1.88 bits per heavy atom. The van der Waals surface area contributed by atoms with Crippen LogP contribution in [-0.4, -0.2) is 24.7 Å². The minimum Gasteiger partial charge on any atom is -0.381 e. The molecule has 2 aliphatic rings. The normalized spacial score (nSPS) is 31.7. The van der Waals surface area contributed by atoms with E-state index in [1.165, 1.54) is 0 Å². The van der Waals surface area contributed by atoms with Crippen molar-refractivity contribution < 1.29 is 9.53 Å². The van der Waals surface area contributed by atoms with Gasteiger partial charge in [0.15, 0.2) is 0 Å². The smallest absolute Gasteiger partial charge is 0.223 e. The van der Waals surface area contributed by atoms with Gasteiger partial charge in [0.1, 0.15) is 0 Å². The molecule has 1 N–H and O–H groups in total. The second-order valence-electron chi connectivity index (χ2n) is 5.27. The van der Waals surface area contributed by atoms with E-state index < -0.39 is 0 Å². The second-order valence-corrected chi connectivity index (χ2v) is 5.27. The van der Waals surface area contributed by atoms with Crippen molar-refractivity contribution in [2.75, 3.05) is 13.2 Å². The molecule has 2 heterocycles. The minimum absolute atomic E-state index is 0.00521. The molecule has 92 valence electrons. The van der Waals surface area contributed by atoms with Gasteiger partial charge < -0.3 is 10.1 Å². The Bertz CT molecular complexity index is 278. The summed E-state index contributed by atoms with van der Waals surface area (Å²) >= 11 is 0. The van der Waals surface area contributed by atoms with Gasteiger partial charge in [0.2, 0.25) is 5.91 Å². The maximum absolute atomic E-state index is 12.0. The van der Waals surface area contributed by atoms with Crippen molar-refractivity contribution in [2.45, 2.75) is 52.0 Å². The van der Waals surface area contributed by atoms with Crippen LogP contribution in [0.2, 0.25) is 0 Å². The predicted octanol–water partition coefficient (Wildman–Crippen LogP) is 2.11. The van der Waals surface area contributed by atoms with E-state index in [0.717, 1.165) is 38.9 Å². The van der Waals surface area contributed by atoms with Crippen molar-refractivity contribution in [3.8, 4) is 0 Å². The first kappa shape index (κ1) is 11.9. The SMILES string of the molecule is CCC1(CC)C(C)C(=O)NC12CCOCC2. The van der Waals surface area contributed by atoms with Crippen LogP contribution in [0.5, 0.6) is 0 Å². The Kier molecular flexibility index (Phi) is 2.99. The molecule has 2 saturated heterocycles. The molecule has 3 heteroatoms. The molecule has 0 radical (unpaired) electrons. The molecule has 0 aromatic carbocycles. The maximum Gasteiger partial charge on any atom is 0.223 e. The Labute approximate surface area is 97.9 Å². The zero-order valence-electron chi connectivity index (χ0n) is 10.6. The van der Waals surface area contributed by atoms with Gasteiger partial charge in [-0.25, -0.2) is 0 Å². The van der Waals surface area contributed by atoms with Crippen molar-refractivity contribution in [1.82, 2.24) is 5.32 Å². The van der Waals surface area contributed by atoms with E-state index in [2.05, 4.69) is 26.1 Å². The first-order chi connectivity index (χ1) is 7.62. The predicted molar refractivity (Wildman–Crippen MR) is 63.1 cm³/mol. The van der Waals surface area contributed by atoms with E-state index in [-0.39, 0.29) is 22.8 Å². The molecule has 16 heavy (non-hydrogen) atoms. The van der Waals surface area contributed by atoms with Crippen LogP contribution in [0.1, 0.15) is 46.5 Å². The maximum atomic E-state index is 12.0. The standard InChI is InChI=1S/C13H23NO2/c1-4-12(5-2)10(3)11(15)14-13(12)6-8-16-9-7-13/h10H,4-9H2,1-3H3,(H,14,15). The molecule has 1 unspecified atom stereocenters. The van der Waals surface area contributed by atoms with Crippen LogP contribution in [0.4, 0.5) is 0 Å². The van der Waals surface area contributed by atoms with E-state index in [9.17, 15) is 4.79 Å². The Morgan fingerprint density at radius 1 is 1.31 bits per heavy atom. The molecule has 1 spiro atoms. The molecule has 0 aliphatic carbocycles. The van der Waals surface area contributed by atoms with Gasteiger partial charge in [-0.1, -0.05) is 20.8 Å². The zero-order valence-corrected chi connectivity index (χ0v) is 10.6. The number of nitrogens with one attached hydrogen (secondary N) is 1. The average molecular weight is 225 g/mol. The van der Waals surface area contributed by atoms with Gasteiger partial charge >= 0.3 is 0 Å². The van der Waals surface area contributed by atoms with Gasteiger partial charge in [0.05, 0.1) is 5.54 Å². The molecular formula is C13H23NO2. The zero-order chi connectivity index (χ0) is 11.8. The molecule has 0 bridgehead atoms. The summed E-state index contributed by atoms with van der Waals surface area (Å²) in [6.45, 7) is 8.10. The molecular weight excluding hydrogens is 202 g/mol. The summed E-state index contributed by atoms with van der Waals surface area (Å²) < 4.78 is 5.46. The van der Waals surface area contributed by atoms with Crippen LogP contribution >= 0.6 is 0 Å². The van der Waals surface area contributed by atoms with E-state index >= 15 is 0 Å². The van der Waals surface area contributed by atoms with E-state index in [0.29, 0.717) is 0 Å². The Balaban J connectivity index is 2.38. The van der Waals surface area contributed by atoms with Crippen molar-refractivity contribution in [3.63, 3.8) is 0 Å². The summed E-state index contributed by atoms with van der Waals surface area (Å²) in [5.41, 5.74) is 0.138. The van der Waals surface area contributed by atoms with Gasteiger partial charge in [-0.3, -0.25) is 4.79 Å². The fraction of sp³-hybridized carbons (Fsp3) is 0.923. The highest BCUT2D eigenvalue weighted by atomic mass is 16.5. The average Bonchev–Trinajstić information content (AvgIpc) is 2.50. The van der Waals surface area contributed by atoms with Crippen molar-refractivity contribution in [2.24, 2.45) is 11.3 Å². The highest BCUT2D eigenvalue weighted by Gasteiger charge is 2.60. The largest absolute Gasteiger partial charge is 0.381 e. The highest BCUT2D eigenvalue weighted by Crippen LogP contribution is 2.53. The number of carbonyl (C=O) groups is 1. The molecule has 2 rings (SSSR count). The lowest BCUT2D eigenvalue weighted by Crippen LogP contribution is -2.56. The third-order valence-electron chi connectivity index (χ3n) is 5.15. The number of ether oxygens (including phenoxy) is 1. The summed E-state index contributed by atoms with van der Waals surface area (Å²) in [5.74, 6) is 0.381. The molecule has 1 atom stereocenters. The summed E-state index contributed by atoms with van der Waals surface area (Å²) in [7, 11) is 0. The number of amides is 1. The molecule has 0 saturated carbocycles.